The van der Waals surface area contributed by atoms with Crippen LogP contribution in [0, 0.1) is 11.8 Å². The molecular weight excluding hydrogens is 188 g/mol. The van der Waals surface area contributed by atoms with Gasteiger partial charge in [0.25, 0.3) is 0 Å². The van der Waals surface area contributed by atoms with Gasteiger partial charge in [0.15, 0.2) is 0 Å². The van der Waals surface area contributed by atoms with Crippen molar-refractivity contribution in [3.05, 3.63) is 0 Å². The van der Waals surface area contributed by atoms with Gasteiger partial charge >= 0.3 is 5.97 Å². The molecule has 0 N–H and O–H groups in total. The maximum atomic E-state index is 11.4. The highest BCUT2D eigenvalue weighted by atomic mass is 35.5. The lowest BCUT2D eigenvalue weighted by atomic mass is 9.82. The lowest BCUT2D eigenvalue weighted by Crippen LogP contribution is -2.32. The quantitative estimate of drug-likeness (QED) is 0.511. The maximum absolute atomic E-state index is 11.4. The molecule has 2 nitrogen and oxygen atoms in total. The van der Waals surface area contributed by atoms with Crippen LogP contribution in [-0.4, -0.2) is 18.0 Å². The summed E-state index contributed by atoms with van der Waals surface area (Å²) in [5, 5.41) is -0.0252. The van der Waals surface area contributed by atoms with Gasteiger partial charge in [0, 0.05) is 5.38 Å². The monoisotopic (exact) mass is 204 g/mol. The van der Waals surface area contributed by atoms with Gasteiger partial charge in [0.05, 0.1) is 12.5 Å². The molecule has 0 saturated heterocycles. The third-order valence-electron chi connectivity index (χ3n) is 2.62. The molecule has 76 valence electrons. The topological polar surface area (TPSA) is 26.3 Å². The number of hydrogen-bond acceptors (Lipinski definition) is 2. The van der Waals surface area contributed by atoms with Crippen molar-refractivity contribution < 1.29 is 9.53 Å². The Bertz CT molecular complexity index is 182. The summed E-state index contributed by atoms with van der Waals surface area (Å²) in [4.78, 5) is 11.4. The van der Waals surface area contributed by atoms with Crippen molar-refractivity contribution in [1.82, 2.24) is 0 Å². The van der Waals surface area contributed by atoms with Gasteiger partial charge in [-0.1, -0.05) is 6.92 Å². The van der Waals surface area contributed by atoms with E-state index < -0.39 is 0 Å². The number of rotatable bonds is 2. The summed E-state index contributed by atoms with van der Waals surface area (Å²) in [5.74, 6) is 0.459. The summed E-state index contributed by atoms with van der Waals surface area (Å²) in [6.07, 6.45) is 2.91. The first-order chi connectivity index (χ1) is 6.15. The molecule has 0 amide bonds. The van der Waals surface area contributed by atoms with Gasteiger partial charge in [-0.25, -0.2) is 0 Å². The molecule has 0 aromatic carbocycles. The molecule has 1 rings (SSSR count). The lowest BCUT2D eigenvalue weighted by molar-refractivity contribution is -0.149. The minimum absolute atomic E-state index is 0.0252. The van der Waals surface area contributed by atoms with Crippen molar-refractivity contribution in [3.8, 4) is 0 Å². The molecule has 0 aromatic heterocycles. The van der Waals surface area contributed by atoms with E-state index in [1.54, 1.807) is 0 Å². The van der Waals surface area contributed by atoms with Gasteiger partial charge in [-0.3, -0.25) is 4.79 Å². The average Bonchev–Trinajstić information content (AvgIpc) is 2.04. The normalized spacial score (nSPS) is 34.2. The van der Waals surface area contributed by atoms with E-state index in [0.29, 0.717) is 12.5 Å². The van der Waals surface area contributed by atoms with E-state index in [-0.39, 0.29) is 17.3 Å². The lowest BCUT2D eigenvalue weighted by Gasteiger charge is -2.29. The molecule has 1 aliphatic carbocycles. The number of alkyl halides is 1. The van der Waals surface area contributed by atoms with Crippen molar-refractivity contribution in [2.75, 3.05) is 6.61 Å². The van der Waals surface area contributed by atoms with Crippen LogP contribution < -0.4 is 0 Å². The van der Waals surface area contributed by atoms with Gasteiger partial charge in [0.1, 0.15) is 0 Å². The van der Waals surface area contributed by atoms with Crippen LogP contribution in [0.25, 0.3) is 0 Å². The third kappa shape index (κ3) is 2.87. The second-order valence-electron chi connectivity index (χ2n) is 3.79. The smallest absolute Gasteiger partial charge is 0.310 e. The van der Waals surface area contributed by atoms with Crippen LogP contribution in [0.3, 0.4) is 0 Å². The van der Waals surface area contributed by atoms with Gasteiger partial charge in [-0.05, 0) is 32.1 Å². The molecule has 0 spiro atoms. The van der Waals surface area contributed by atoms with Crippen molar-refractivity contribution in [2.24, 2.45) is 11.8 Å². The van der Waals surface area contributed by atoms with Gasteiger partial charge in [-0.15, -0.1) is 11.6 Å². The fourth-order valence-electron chi connectivity index (χ4n) is 1.83. The van der Waals surface area contributed by atoms with Crippen LogP contribution in [0.1, 0.15) is 33.1 Å². The molecular formula is C10H17ClO2. The van der Waals surface area contributed by atoms with Crippen LogP contribution in [-0.2, 0) is 9.53 Å². The van der Waals surface area contributed by atoms with Gasteiger partial charge < -0.3 is 4.74 Å². The zero-order valence-corrected chi connectivity index (χ0v) is 9.01. The Labute approximate surface area is 84.6 Å². The predicted molar refractivity (Wildman–Crippen MR) is 52.8 cm³/mol. The van der Waals surface area contributed by atoms with E-state index in [0.717, 1.165) is 19.3 Å². The first-order valence-electron chi connectivity index (χ1n) is 4.95. The van der Waals surface area contributed by atoms with Crippen LogP contribution in [0.4, 0.5) is 0 Å². The number of halogens is 1. The number of hydrogen-bond donors (Lipinski definition) is 0. The molecule has 13 heavy (non-hydrogen) atoms. The Hall–Kier alpha value is -0.240. The summed E-state index contributed by atoms with van der Waals surface area (Å²) in [7, 11) is 0. The van der Waals surface area contributed by atoms with E-state index in [2.05, 4.69) is 6.92 Å². The van der Waals surface area contributed by atoms with E-state index >= 15 is 0 Å². The summed E-state index contributed by atoms with van der Waals surface area (Å²) < 4.78 is 4.96. The van der Waals surface area contributed by atoms with Gasteiger partial charge in [-0.2, -0.15) is 0 Å². The van der Waals surface area contributed by atoms with Crippen molar-refractivity contribution in [2.45, 2.75) is 38.5 Å². The number of ether oxygens (including phenoxy) is 1. The molecule has 3 heteroatoms. The Kier molecular flexibility index (Phi) is 4.04. The zero-order chi connectivity index (χ0) is 9.84. The summed E-state index contributed by atoms with van der Waals surface area (Å²) >= 11 is 6.11. The molecule has 0 heterocycles. The molecule has 0 radical (unpaired) electrons. The minimum atomic E-state index is -0.116. The van der Waals surface area contributed by atoms with Crippen LogP contribution in [0.15, 0.2) is 0 Å². The zero-order valence-electron chi connectivity index (χ0n) is 8.25. The standard InChI is InChI=1S/C10H17ClO2/c1-3-13-10(12)8-5-4-7(2)6-9(8)11/h7-9H,3-6H2,1-2H3. The highest BCUT2D eigenvalue weighted by Gasteiger charge is 2.33. The number of esters is 1. The molecule has 1 fully saturated rings. The summed E-state index contributed by atoms with van der Waals surface area (Å²) in [6, 6.07) is 0. The van der Waals surface area contributed by atoms with Gasteiger partial charge in [0.2, 0.25) is 0 Å². The summed E-state index contributed by atoms with van der Waals surface area (Å²) in [6.45, 7) is 4.46. The second-order valence-corrected chi connectivity index (χ2v) is 4.35. The first kappa shape index (κ1) is 10.8. The molecule has 0 aromatic rings. The van der Waals surface area contributed by atoms with Crippen molar-refractivity contribution >= 4 is 17.6 Å². The van der Waals surface area contributed by atoms with Crippen LogP contribution in [0.5, 0.6) is 0 Å². The molecule has 0 aliphatic heterocycles. The fraction of sp³-hybridized carbons (Fsp3) is 0.900. The molecule has 3 unspecified atom stereocenters. The molecule has 1 saturated carbocycles. The Morgan fingerprint density at radius 1 is 1.54 bits per heavy atom. The van der Waals surface area contributed by atoms with E-state index in [1.807, 2.05) is 6.92 Å². The average molecular weight is 205 g/mol. The Morgan fingerprint density at radius 2 is 2.23 bits per heavy atom. The van der Waals surface area contributed by atoms with Crippen molar-refractivity contribution in [1.29, 1.82) is 0 Å². The Morgan fingerprint density at radius 3 is 2.77 bits per heavy atom. The third-order valence-corrected chi connectivity index (χ3v) is 3.11. The first-order valence-corrected chi connectivity index (χ1v) is 5.39. The Balaban J connectivity index is 2.45. The molecule has 3 atom stereocenters. The van der Waals surface area contributed by atoms with E-state index in [4.69, 9.17) is 16.3 Å². The minimum Gasteiger partial charge on any atom is -0.466 e. The van der Waals surface area contributed by atoms with Crippen molar-refractivity contribution in [3.63, 3.8) is 0 Å². The number of carbonyl (C=O) groups is 1. The summed E-state index contributed by atoms with van der Waals surface area (Å²) in [5.41, 5.74) is 0. The predicted octanol–water partition coefficient (Wildman–Crippen LogP) is 2.59. The largest absolute Gasteiger partial charge is 0.466 e. The second kappa shape index (κ2) is 4.85. The van der Waals surface area contributed by atoms with Crippen LogP contribution >= 0.6 is 11.6 Å². The highest BCUT2D eigenvalue weighted by Crippen LogP contribution is 2.33. The van der Waals surface area contributed by atoms with E-state index in [9.17, 15) is 4.79 Å². The van der Waals surface area contributed by atoms with Crippen LogP contribution in [0.2, 0.25) is 0 Å². The highest BCUT2D eigenvalue weighted by molar-refractivity contribution is 6.22. The van der Waals surface area contributed by atoms with E-state index in [1.165, 1.54) is 0 Å². The molecule has 1 aliphatic rings. The number of carbonyl (C=O) groups excluding carboxylic acids is 1. The SMILES string of the molecule is CCOC(=O)C1CCC(C)CC1Cl. The fourth-order valence-corrected chi connectivity index (χ4v) is 2.36. The maximum Gasteiger partial charge on any atom is 0.310 e. The molecule has 0 bridgehead atoms.